The molecule has 102 valence electrons. The maximum Gasteiger partial charge on any atom is 0.251 e. The second kappa shape index (κ2) is 5.17. The standard InChI is InChI=1S/C13H18N4O2/c1-16-13(19)8-2-3-11(10(14)6-8)17-5-4-9(7-17)12(15)18/h2-3,6,9H,4-5,7,14H2,1H3,(H2,15,18)(H,16,19). The Morgan fingerprint density at radius 2 is 2.16 bits per heavy atom. The second-order valence-electron chi connectivity index (χ2n) is 4.69. The number of carbonyl (C=O) groups is 2. The molecule has 6 nitrogen and oxygen atoms in total. The van der Waals surface area contributed by atoms with Crippen LogP contribution < -0.4 is 21.7 Å². The first-order chi connectivity index (χ1) is 9.02. The molecule has 0 aliphatic carbocycles. The highest BCUT2D eigenvalue weighted by atomic mass is 16.2. The highest BCUT2D eigenvalue weighted by Gasteiger charge is 2.27. The fourth-order valence-corrected chi connectivity index (χ4v) is 2.34. The molecule has 1 fully saturated rings. The van der Waals surface area contributed by atoms with E-state index in [0.717, 1.165) is 18.7 Å². The van der Waals surface area contributed by atoms with Gasteiger partial charge in [0.15, 0.2) is 0 Å². The van der Waals surface area contributed by atoms with Gasteiger partial charge in [0, 0.05) is 25.7 Å². The number of rotatable bonds is 3. The minimum Gasteiger partial charge on any atom is -0.397 e. The quantitative estimate of drug-likeness (QED) is 0.664. The maximum atomic E-state index is 11.5. The Kier molecular flexibility index (Phi) is 3.59. The number of carbonyl (C=O) groups excluding carboxylic acids is 2. The summed E-state index contributed by atoms with van der Waals surface area (Å²) in [6.07, 6.45) is 0.742. The highest BCUT2D eigenvalue weighted by Crippen LogP contribution is 2.29. The summed E-state index contributed by atoms with van der Waals surface area (Å²) in [4.78, 5) is 24.7. The normalized spacial score (nSPS) is 18.4. The largest absolute Gasteiger partial charge is 0.397 e. The van der Waals surface area contributed by atoms with E-state index in [2.05, 4.69) is 5.32 Å². The summed E-state index contributed by atoms with van der Waals surface area (Å²) in [6, 6.07) is 5.18. The van der Waals surface area contributed by atoms with Gasteiger partial charge in [0.25, 0.3) is 5.91 Å². The van der Waals surface area contributed by atoms with Crippen molar-refractivity contribution in [1.82, 2.24) is 5.32 Å². The van der Waals surface area contributed by atoms with Gasteiger partial charge in [0.1, 0.15) is 0 Å². The smallest absolute Gasteiger partial charge is 0.251 e. The van der Waals surface area contributed by atoms with Crippen LogP contribution in [0.1, 0.15) is 16.8 Å². The lowest BCUT2D eigenvalue weighted by atomic mass is 10.1. The summed E-state index contributed by atoms with van der Waals surface area (Å²) < 4.78 is 0. The van der Waals surface area contributed by atoms with Gasteiger partial charge in [0.2, 0.25) is 5.91 Å². The Labute approximate surface area is 111 Å². The molecular formula is C13H18N4O2. The molecule has 1 saturated heterocycles. The third-order valence-corrected chi connectivity index (χ3v) is 3.45. The maximum absolute atomic E-state index is 11.5. The molecule has 0 spiro atoms. The van der Waals surface area contributed by atoms with Crippen molar-refractivity contribution in [3.8, 4) is 0 Å². The van der Waals surface area contributed by atoms with Crippen molar-refractivity contribution in [2.75, 3.05) is 30.8 Å². The zero-order chi connectivity index (χ0) is 14.0. The first kappa shape index (κ1) is 13.2. The van der Waals surface area contributed by atoms with Crippen LogP contribution in [0.5, 0.6) is 0 Å². The van der Waals surface area contributed by atoms with E-state index in [1.807, 2.05) is 11.0 Å². The van der Waals surface area contributed by atoms with Gasteiger partial charge >= 0.3 is 0 Å². The lowest BCUT2D eigenvalue weighted by molar-refractivity contribution is -0.121. The van der Waals surface area contributed by atoms with E-state index in [9.17, 15) is 9.59 Å². The molecule has 1 unspecified atom stereocenters. The molecule has 0 aromatic heterocycles. The molecule has 1 aromatic carbocycles. The molecule has 0 saturated carbocycles. The number of amides is 2. The van der Waals surface area contributed by atoms with Gasteiger partial charge in [-0.25, -0.2) is 0 Å². The van der Waals surface area contributed by atoms with Crippen LogP contribution >= 0.6 is 0 Å². The van der Waals surface area contributed by atoms with Crippen LogP contribution in [0.3, 0.4) is 0 Å². The van der Waals surface area contributed by atoms with Gasteiger partial charge in [-0.3, -0.25) is 9.59 Å². The fraction of sp³-hybridized carbons (Fsp3) is 0.385. The van der Waals surface area contributed by atoms with Crippen molar-refractivity contribution in [2.45, 2.75) is 6.42 Å². The SMILES string of the molecule is CNC(=O)c1ccc(N2CCC(C(N)=O)C2)c(N)c1. The van der Waals surface area contributed by atoms with E-state index in [0.29, 0.717) is 17.8 Å². The molecule has 19 heavy (non-hydrogen) atoms. The minimum atomic E-state index is -0.275. The number of anilines is 2. The molecule has 1 aliphatic rings. The molecule has 1 aliphatic heterocycles. The summed E-state index contributed by atoms with van der Waals surface area (Å²) in [5, 5.41) is 2.55. The number of hydrogen-bond donors (Lipinski definition) is 3. The first-order valence-corrected chi connectivity index (χ1v) is 6.18. The Morgan fingerprint density at radius 3 is 2.68 bits per heavy atom. The highest BCUT2D eigenvalue weighted by molar-refractivity contribution is 5.96. The first-order valence-electron chi connectivity index (χ1n) is 6.18. The van der Waals surface area contributed by atoms with Crippen molar-refractivity contribution in [2.24, 2.45) is 11.7 Å². The van der Waals surface area contributed by atoms with E-state index in [1.165, 1.54) is 0 Å². The second-order valence-corrected chi connectivity index (χ2v) is 4.69. The van der Waals surface area contributed by atoms with E-state index in [4.69, 9.17) is 11.5 Å². The van der Waals surface area contributed by atoms with Crippen LogP contribution in [-0.4, -0.2) is 32.0 Å². The number of nitrogens with one attached hydrogen (secondary N) is 1. The molecule has 0 bridgehead atoms. The summed E-state index contributed by atoms with van der Waals surface area (Å²) in [5.41, 5.74) is 13.2. The van der Waals surface area contributed by atoms with Crippen molar-refractivity contribution >= 4 is 23.2 Å². The predicted octanol–water partition coefficient (Wildman–Crippen LogP) is -0.0600. The van der Waals surface area contributed by atoms with Crippen molar-refractivity contribution in [3.05, 3.63) is 23.8 Å². The molecule has 6 heteroatoms. The van der Waals surface area contributed by atoms with Crippen LogP contribution in [0, 0.1) is 5.92 Å². The fourth-order valence-electron chi connectivity index (χ4n) is 2.34. The number of nitrogen functional groups attached to an aromatic ring is 1. The van der Waals surface area contributed by atoms with Crippen molar-refractivity contribution in [3.63, 3.8) is 0 Å². The van der Waals surface area contributed by atoms with Crippen LogP contribution in [0.15, 0.2) is 18.2 Å². The third kappa shape index (κ3) is 2.62. The van der Waals surface area contributed by atoms with E-state index < -0.39 is 0 Å². The Bertz CT molecular complexity index is 515. The number of hydrogen-bond acceptors (Lipinski definition) is 4. The van der Waals surface area contributed by atoms with Crippen molar-refractivity contribution < 1.29 is 9.59 Å². The zero-order valence-corrected chi connectivity index (χ0v) is 10.8. The Hall–Kier alpha value is -2.24. The molecule has 2 rings (SSSR count). The molecule has 1 atom stereocenters. The number of benzene rings is 1. The lowest BCUT2D eigenvalue weighted by Crippen LogP contribution is -2.27. The Balaban J connectivity index is 2.18. The van der Waals surface area contributed by atoms with Crippen LogP contribution in [0.2, 0.25) is 0 Å². The van der Waals surface area contributed by atoms with E-state index in [-0.39, 0.29) is 17.7 Å². The number of primary amides is 1. The average molecular weight is 262 g/mol. The molecule has 0 radical (unpaired) electrons. The van der Waals surface area contributed by atoms with Gasteiger partial charge in [-0.05, 0) is 24.6 Å². The molecule has 1 heterocycles. The van der Waals surface area contributed by atoms with Crippen molar-refractivity contribution in [1.29, 1.82) is 0 Å². The summed E-state index contributed by atoms with van der Waals surface area (Å²) in [6.45, 7) is 1.33. The van der Waals surface area contributed by atoms with Gasteiger partial charge in [-0.2, -0.15) is 0 Å². The van der Waals surface area contributed by atoms with E-state index >= 15 is 0 Å². The summed E-state index contributed by atoms with van der Waals surface area (Å²) in [7, 11) is 1.57. The van der Waals surface area contributed by atoms with E-state index in [1.54, 1.807) is 19.2 Å². The Morgan fingerprint density at radius 1 is 1.42 bits per heavy atom. The molecular weight excluding hydrogens is 244 g/mol. The van der Waals surface area contributed by atoms with Crippen LogP contribution in [0.4, 0.5) is 11.4 Å². The zero-order valence-electron chi connectivity index (χ0n) is 10.8. The monoisotopic (exact) mass is 262 g/mol. The molecule has 2 amide bonds. The number of nitrogens with zero attached hydrogens (tertiary/aromatic N) is 1. The summed E-state index contributed by atoms with van der Waals surface area (Å²) in [5.74, 6) is -0.573. The van der Waals surface area contributed by atoms with Gasteiger partial charge in [-0.1, -0.05) is 0 Å². The van der Waals surface area contributed by atoms with Gasteiger partial charge in [-0.15, -0.1) is 0 Å². The lowest BCUT2D eigenvalue weighted by Gasteiger charge is -2.20. The average Bonchev–Trinajstić information content (AvgIpc) is 2.87. The minimum absolute atomic E-state index is 0.127. The number of nitrogens with two attached hydrogens (primary N) is 2. The van der Waals surface area contributed by atoms with Gasteiger partial charge in [0.05, 0.1) is 17.3 Å². The third-order valence-electron chi connectivity index (χ3n) is 3.45. The van der Waals surface area contributed by atoms with Crippen LogP contribution in [-0.2, 0) is 4.79 Å². The predicted molar refractivity (Wildman–Crippen MR) is 73.8 cm³/mol. The topological polar surface area (TPSA) is 101 Å². The summed E-state index contributed by atoms with van der Waals surface area (Å²) >= 11 is 0. The molecule has 5 N–H and O–H groups in total. The van der Waals surface area contributed by atoms with Crippen LogP contribution in [0.25, 0.3) is 0 Å². The molecule has 1 aromatic rings. The van der Waals surface area contributed by atoms with Gasteiger partial charge < -0.3 is 21.7 Å².